The van der Waals surface area contributed by atoms with E-state index in [-0.39, 0.29) is 0 Å². The van der Waals surface area contributed by atoms with Crippen molar-refractivity contribution in [2.45, 2.75) is 31.7 Å². The van der Waals surface area contributed by atoms with E-state index < -0.39 is 0 Å². The molecule has 2 rings (SSSR count). The topological polar surface area (TPSA) is 32.5 Å². The maximum atomic E-state index is 5.58. The van der Waals surface area contributed by atoms with Crippen LogP contribution in [-0.2, 0) is 0 Å². The van der Waals surface area contributed by atoms with Crippen molar-refractivity contribution >= 4 is 0 Å². The van der Waals surface area contributed by atoms with Crippen LogP contribution in [0.4, 0.5) is 0 Å². The van der Waals surface area contributed by atoms with E-state index in [0.717, 1.165) is 18.5 Å². The summed E-state index contributed by atoms with van der Waals surface area (Å²) in [6.07, 6.45) is 5.38. The standard InChI is InChI=1S/C12H25N3/c1-14-9-12(10-14)15-7-3-5-11(8-15)4-2-6-13/h11-12H,2-10,13H2,1H3. The number of likely N-dealkylation sites (N-methyl/N-ethyl adjacent to an activating group) is 1. The SMILES string of the molecule is CN1CC(N2CCCC(CCCN)C2)C1. The van der Waals surface area contributed by atoms with Crippen molar-refractivity contribution < 1.29 is 0 Å². The Hall–Kier alpha value is -0.120. The molecule has 0 radical (unpaired) electrons. The third kappa shape index (κ3) is 2.92. The molecule has 2 N–H and O–H groups in total. The average Bonchev–Trinajstić information content (AvgIpc) is 2.22. The molecule has 88 valence electrons. The van der Waals surface area contributed by atoms with Crippen LogP contribution in [0.2, 0.25) is 0 Å². The van der Waals surface area contributed by atoms with Crippen LogP contribution < -0.4 is 5.73 Å². The van der Waals surface area contributed by atoms with Gasteiger partial charge in [-0.3, -0.25) is 4.90 Å². The molecular formula is C12H25N3. The van der Waals surface area contributed by atoms with Crippen molar-refractivity contribution in [3.63, 3.8) is 0 Å². The van der Waals surface area contributed by atoms with Crippen molar-refractivity contribution in [3.05, 3.63) is 0 Å². The fraction of sp³-hybridized carbons (Fsp3) is 1.00. The first-order valence-electron chi connectivity index (χ1n) is 6.42. The third-order valence-corrected chi connectivity index (χ3v) is 3.93. The Morgan fingerprint density at radius 2 is 2.07 bits per heavy atom. The zero-order chi connectivity index (χ0) is 10.7. The lowest BCUT2D eigenvalue weighted by molar-refractivity contribution is 0.0227. The summed E-state index contributed by atoms with van der Waals surface area (Å²) in [6, 6.07) is 0.857. The molecule has 1 unspecified atom stereocenters. The molecule has 2 saturated heterocycles. The first kappa shape index (κ1) is 11.4. The van der Waals surface area contributed by atoms with Gasteiger partial charge in [-0.15, -0.1) is 0 Å². The van der Waals surface area contributed by atoms with Crippen LogP contribution in [0.25, 0.3) is 0 Å². The monoisotopic (exact) mass is 211 g/mol. The number of likely N-dealkylation sites (tertiary alicyclic amines) is 2. The summed E-state index contributed by atoms with van der Waals surface area (Å²) in [5.74, 6) is 0.924. The maximum Gasteiger partial charge on any atom is 0.0350 e. The zero-order valence-corrected chi connectivity index (χ0v) is 9.99. The van der Waals surface area contributed by atoms with Crippen LogP contribution in [0.15, 0.2) is 0 Å². The lowest BCUT2D eigenvalue weighted by atomic mass is 9.91. The van der Waals surface area contributed by atoms with E-state index >= 15 is 0 Å². The predicted molar refractivity (Wildman–Crippen MR) is 63.9 cm³/mol. The van der Waals surface area contributed by atoms with Gasteiger partial charge in [-0.2, -0.15) is 0 Å². The van der Waals surface area contributed by atoms with Gasteiger partial charge in [0, 0.05) is 25.7 Å². The van der Waals surface area contributed by atoms with Crippen LogP contribution >= 0.6 is 0 Å². The molecule has 0 aromatic rings. The number of nitrogens with two attached hydrogens (primary N) is 1. The van der Waals surface area contributed by atoms with E-state index in [9.17, 15) is 0 Å². The van der Waals surface area contributed by atoms with Gasteiger partial charge in [0.05, 0.1) is 0 Å². The normalized spacial score (nSPS) is 30.4. The molecule has 3 nitrogen and oxygen atoms in total. The minimum absolute atomic E-state index is 0.857. The summed E-state index contributed by atoms with van der Waals surface area (Å²) in [5, 5.41) is 0. The largest absolute Gasteiger partial charge is 0.330 e. The van der Waals surface area contributed by atoms with Crippen molar-refractivity contribution in [2.75, 3.05) is 39.8 Å². The number of hydrogen-bond acceptors (Lipinski definition) is 3. The molecule has 0 aromatic heterocycles. The van der Waals surface area contributed by atoms with Crippen LogP contribution in [-0.4, -0.2) is 55.6 Å². The molecule has 2 aliphatic heterocycles. The highest BCUT2D eigenvalue weighted by molar-refractivity contribution is 4.88. The Morgan fingerprint density at radius 3 is 2.73 bits per heavy atom. The minimum Gasteiger partial charge on any atom is -0.330 e. The first-order chi connectivity index (χ1) is 7.29. The second kappa shape index (κ2) is 5.28. The van der Waals surface area contributed by atoms with Crippen molar-refractivity contribution in [1.82, 2.24) is 9.80 Å². The minimum atomic E-state index is 0.857. The molecule has 0 spiro atoms. The van der Waals surface area contributed by atoms with Gasteiger partial charge in [-0.1, -0.05) is 0 Å². The maximum absolute atomic E-state index is 5.58. The van der Waals surface area contributed by atoms with Crippen molar-refractivity contribution in [3.8, 4) is 0 Å². The van der Waals surface area contributed by atoms with Crippen molar-refractivity contribution in [2.24, 2.45) is 11.7 Å². The number of rotatable bonds is 4. The highest BCUT2D eigenvalue weighted by Crippen LogP contribution is 2.24. The van der Waals surface area contributed by atoms with Crippen LogP contribution in [0.3, 0.4) is 0 Å². The van der Waals surface area contributed by atoms with E-state index in [1.807, 2.05) is 0 Å². The average molecular weight is 211 g/mol. The molecular weight excluding hydrogens is 186 g/mol. The Kier molecular flexibility index (Phi) is 4.00. The van der Waals surface area contributed by atoms with Gasteiger partial charge in [-0.05, 0) is 51.7 Å². The van der Waals surface area contributed by atoms with E-state index in [2.05, 4.69) is 16.8 Å². The summed E-state index contributed by atoms with van der Waals surface area (Å²) in [4.78, 5) is 5.12. The van der Waals surface area contributed by atoms with Crippen LogP contribution in [0.5, 0.6) is 0 Å². The fourth-order valence-electron chi connectivity index (χ4n) is 2.97. The smallest absolute Gasteiger partial charge is 0.0350 e. The third-order valence-electron chi connectivity index (χ3n) is 3.93. The summed E-state index contributed by atoms with van der Waals surface area (Å²) < 4.78 is 0. The van der Waals surface area contributed by atoms with Gasteiger partial charge in [-0.25, -0.2) is 0 Å². The lowest BCUT2D eigenvalue weighted by Gasteiger charge is -2.46. The second-order valence-corrected chi connectivity index (χ2v) is 5.31. The second-order valence-electron chi connectivity index (χ2n) is 5.31. The quantitative estimate of drug-likeness (QED) is 0.745. The van der Waals surface area contributed by atoms with Crippen LogP contribution in [0, 0.1) is 5.92 Å². The van der Waals surface area contributed by atoms with E-state index in [1.165, 1.54) is 51.9 Å². The summed E-state index contributed by atoms with van der Waals surface area (Å²) in [6.45, 7) is 6.09. The molecule has 1 atom stereocenters. The van der Waals surface area contributed by atoms with Gasteiger partial charge in [0.25, 0.3) is 0 Å². The Morgan fingerprint density at radius 1 is 1.27 bits per heavy atom. The number of hydrogen-bond donors (Lipinski definition) is 1. The summed E-state index contributed by atoms with van der Waals surface area (Å²) >= 11 is 0. The van der Waals surface area contributed by atoms with Gasteiger partial charge < -0.3 is 10.6 Å². The molecule has 0 saturated carbocycles. The Bertz CT molecular complexity index is 189. The van der Waals surface area contributed by atoms with E-state index in [4.69, 9.17) is 5.73 Å². The molecule has 0 aliphatic carbocycles. The molecule has 3 heteroatoms. The molecule has 15 heavy (non-hydrogen) atoms. The summed E-state index contributed by atoms with van der Waals surface area (Å²) in [5.41, 5.74) is 5.58. The van der Waals surface area contributed by atoms with Gasteiger partial charge in [0.1, 0.15) is 0 Å². The molecule has 0 aromatic carbocycles. The van der Waals surface area contributed by atoms with E-state index in [0.29, 0.717) is 0 Å². The van der Waals surface area contributed by atoms with Gasteiger partial charge >= 0.3 is 0 Å². The molecule has 2 aliphatic rings. The number of nitrogens with zero attached hydrogens (tertiary/aromatic N) is 2. The molecule has 0 amide bonds. The van der Waals surface area contributed by atoms with E-state index in [1.54, 1.807) is 0 Å². The molecule has 0 bridgehead atoms. The molecule has 2 fully saturated rings. The van der Waals surface area contributed by atoms with Gasteiger partial charge in [0.15, 0.2) is 0 Å². The van der Waals surface area contributed by atoms with Crippen LogP contribution in [0.1, 0.15) is 25.7 Å². The first-order valence-corrected chi connectivity index (χ1v) is 6.42. The Balaban J connectivity index is 1.72. The predicted octanol–water partition coefficient (Wildman–Crippen LogP) is 0.751. The fourth-order valence-corrected chi connectivity index (χ4v) is 2.97. The highest BCUT2D eigenvalue weighted by Gasteiger charge is 2.32. The molecule has 2 heterocycles. The Labute approximate surface area is 93.6 Å². The summed E-state index contributed by atoms with van der Waals surface area (Å²) in [7, 11) is 2.21. The number of piperidine rings is 1. The van der Waals surface area contributed by atoms with Gasteiger partial charge in [0.2, 0.25) is 0 Å². The zero-order valence-electron chi connectivity index (χ0n) is 9.99. The highest BCUT2D eigenvalue weighted by atomic mass is 15.3. The lowest BCUT2D eigenvalue weighted by Crippen LogP contribution is -2.59. The van der Waals surface area contributed by atoms with Crippen molar-refractivity contribution in [1.29, 1.82) is 0 Å².